The van der Waals surface area contributed by atoms with Gasteiger partial charge < -0.3 is 9.97 Å². The van der Waals surface area contributed by atoms with Crippen molar-refractivity contribution in [3.8, 4) is 0 Å². The highest BCUT2D eigenvalue weighted by Crippen LogP contribution is 2.31. The van der Waals surface area contributed by atoms with Crippen LogP contribution in [-0.2, 0) is 0 Å². The van der Waals surface area contributed by atoms with Crippen LogP contribution in [0.25, 0.3) is 21.8 Å². The molecule has 0 aliphatic carbocycles. The van der Waals surface area contributed by atoms with E-state index in [4.69, 9.17) is 0 Å². The zero-order valence-corrected chi connectivity index (χ0v) is 11.0. The number of fused-ring (bicyclic) bond motifs is 2. The lowest BCUT2D eigenvalue weighted by Crippen LogP contribution is -1.71. The number of nitrogens with one attached hydrogen (secondary N) is 2. The summed E-state index contributed by atoms with van der Waals surface area (Å²) in [6.07, 6.45) is 0. The Morgan fingerprint density at radius 3 is 1.58 bits per heavy atom. The van der Waals surface area contributed by atoms with Gasteiger partial charge in [0.1, 0.15) is 0 Å². The van der Waals surface area contributed by atoms with Gasteiger partial charge in [0.15, 0.2) is 0 Å². The highest BCUT2D eigenvalue weighted by Gasteiger charge is 2.05. The Hall–Kier alpha value is -2.13. The number of benzene rings is 2. The van der Waals surface area contributed by atoms with Crippen LogP contribution in [0, 0.1) is 0 Å². The fourth-order valence-corrected chi connectivity index (χ4v) is 3.25. The first-order valence-electron chi connectivity index (χ1n) is 6.22. The molecular formula is C16H12N2S. The third kappa shape index (κ3) is 1.92. The summed E-state index contributed by atoms with van der Waals surface area (Å²) in [6, 6.07) is 21.1. The van der Waals surface area contributed by atoms with Crippen molar-refractivity contribution in [3.63, 3.8) is 0 Å². The summed E-state index contributed by atoms with van der Waals surface area (Å²) in [5.74, 6) is 0. The Balaban J connectivity index is 1.73. The average Bonchev–Trinajstić information content (AvgIpc) is 3.00. The summed E-state index contributed by atoms with van der Waals surface area (Å²) in [5, 5.41) is 4.82. The van der Waals surface area contributed by atoms with Crippen LogP contribution in [-0.4, -0.2) is 9.97 Å². The van der Waals surface area contributed by atoms with E-state index in [1.807, 2.05) is 0 Å². The van der Waals surface area contributed by atoms with Crippen molar-refractivity contribution < 1.29 is 0 Å². The first kappa shape index (κ1) is 10.8. The van der Waals surface area contributed by atoms with Crippen LogP contribution >= 0.6 is 11.8 Å². The summed E-state index contributed by atoms with van der Waals surface area (Å²) in [6.45, 7) is 0. The third-order valence-electron chi connectivity index (χ3n) is 3.23. The molecule has 0 bridgehead atoms. The maximum absolute atomic E-state index is 3.43. The van der Waals surface area contributed by atoms with Gasteiger partial charge in [-0.3, -0.25) is 0 Å². The lowest BCUT2D eigenvalue weighted by atomic mass is 10.3. The van der Waals surface area contributed by atoms with Crippen LogP contribution in [0.4, 0.5) is 0 Å². The van der Waals surface area contributed by atoms with Crippen molar-refractivity contribution in [1.29, 1.82) is 0 Å². The second-order valence-electron chi connectivity index (χ2n) is 4.54. The van der Waals surface area contributed by atoms with Gasteiger partial charge in [0.05, 0.1) is 10.1 Å². The van der Waals surface area contributed by atoms with Gasteiger partial charge in [-0.2, -0.15) is 0 Å². The molecule has 0 aliphatic rings. The SMILES string of the molecule is c1ccc2[nH]c(Sc3cc4ccccc4[nH]3)cc2c1. The summed E-state index contributed by atoms with van der Waals surface area (Å²) in [7, 11) is 0. The standard InChI is InChI=1S/C16H12N2S/c1-3-7-13-11(5-1)9-15(17-13)19-16-10-12-6-2-4-8-14(12)18-16/h1-10,17-18H. The average molecular weight is 264 g/mol. The van der Waals surface area contributed by atoms with Gasteiger partial charge in [-0.15, -0.1) is 0 Å². The largest absolute Gasteiger partial charge is 0.349 e. The van der Waals surface area contributed by atoms with E-state index in [1.54, 1.807) is 11.8 Å². The molecule has 4 rings (SSSR count). The molecule has 2 nitrogen and oxygen atoms in total. The predicted molar refractivity (Wildman–Crippen MR) is 80.7 cm³/mol. The lowest BCUT2D eigenvalue weighted by molar-refractivity contribution is 1.19. The fourth-order valence-electron chi connectivity index (χ4n) is 2.32. The topological polar surface area (TPSA) is 31.6 Å². The van der Waals surface area contributed by atoms with Crippen LogP contribution in [0.3, 0.4) is 0 Å². The van der Waals surface area contributed by atoms with Crippen molar-refractivity contribution in [2.75, 3.05) is 0 Å². The minimum absolute atomic E-state index is 1.16. The minimum Gasteiger partial charge on any atom is -0.349 e. The molecule has 0 fully saturated rings. The second-order valence-corrected chi connectivity index (χ2v) is 5.63. The zero-order chi connectivity index (χ0) is 12.7. The normalized spacial score (nSPS) is 11.4. The molecule has 0 amide bonds. The van der Waals surface area contributed by atoms with Crippen LogP contribution in [0.1, 0.15) is 0 Å². The highest BCUT2D eigenvalue weighted by atomic mass is 32.2. The van der Waals surface area contributed by atoms with E-state index >= 15 is 0 Å². The summed E-state index contributed by atoms with van der Waals surface area (Å²) >= 11 is 1.73. The molecule has 4 aromatic rings. The van der Waals surface area contributed by atoms with Crippen LogP contribution in [0.5, 0.6) is 0 Å². The molecule has 3 heteroatoms. The lowest BCUT2D eigenvalue weighted by Gasteiger charge is -1.93. The van der Waals surface area contributed by atoms with Gasteiger partial charge in [0.2, 0.25) is 0 Å². The molecule has 0 unspecified atom stereocenters. The molecular weight excluding hydrogens is 252 g/mol. The fraction of sp³-hybridized carbons (Fsp3) is 0. The van der Waals surface area contributed by atoms with E-state index < -0.39 is 0 Å². The Morgan fingerprint density at radius 1 is 0.632 bits per heavy atom. The molecule has 0 saturated heterocycles. The van der Waals surface area contributed by atoms with E-state index in [1.165, 1.54) is 21.8 Å². The monoisotopic (exact) mass is 264 g/mol. The van der Waals surface area contributed by atoms with Crippen molar-refractivity contribution in [3.05, 3.63) is 60.7 Å². The van der Waals surface area contributed by atoms with Crippen molar-refractivity contribution >= 4 is 33.6 Å². The number of rotatable bonds is 2. The van der Waals surface area contributed by atoms with Gasteiger partial charge in [-0.1, -0.05) is 48.2 Å². The maximum atomic E-state index is 3.43. The first-order valence-corrected chi connectivity index (χ1v) is 7.03. The summed E-state index contributed by atoms with van der Waals surface area (Å²) < 4.78 is 0. The van der Waals surface area contributed by atoms with E-state index in [2.05, 4.69) is 70.6 Å². The molecule has 2 heterocycles. The molecule has 2 N–H and O–H groups in total. The van der Waals surface area contributed by atoms with E-state index in [0.717, 1.165) is 10.1 Å². The van der Waals surface area contributed by atoms with E-state index in [-0.39, 0.29) is 0 Å². The molecule has 0 radical (unpaired) electrons. The van der Waals surface area contributed by atoms with Crippen LogP contribution in [0.2, 0.25) is 0 Å². The quantitative estimate of drug-likeness (QED) is 0.535. The Bertz CT molecular complexity index is 719. The maximum Gasteiger partial charge on any atom is 0.0795 e. The molecule has 2 aromatic heterocycles. The summed E-state index contributed by atoms with van der Waals surface area (Å²) in [5.41, 5.74) is 2.36. The van der Waals surface area contributed by atoms with Crippen molar-refractivity contribution in [1.82, 2.24) is 9.97 Å². The van der Waals surface area contributed by atoms with Crippen LogP contribution in [0.15, 0.2) is 70.7 Å². The highest BCUT2D eigenvalue weighted by molar-refractivity contribution is 7.99. The molecule has 19 heavy (non-hydrogen) atoms. The first-order chi connectivity index (χ1) is 9.38. The van der Waals surface area contributed by atoms with Gasteiger partial charge >= 0.3 is 0 Å². The summed E-state index contributed by atoms with van der Waals surface area (Å²) in [4.78, 5) is 6.86. The van der Waals surface area contributed by atoms with Gasteiger partial charge in [-0.25, -0.2) is 0 Å². The predicted octanol–water partition coefficient (Wildman–Crippen LogP) is 4.80. The number of hydrogen-bond donors (Lipinski definition) is 2. The second kappa shape index (κ2) is 4.21. The Kier molecular flexibility index (Phi) is 2.38. The molecule has 0 saturated carbocycles. The zero-order valence-electron chi connectivity index (χ0n) is 10.2. The van der Waals surface area contributed by atoms with Crippen molar-refractivity contribution in [2.24, 2.45) is 0 Å². The minimum atomic E-state index is 1.16. The van der Waals surface area contributed by atoms with Gasteiger partial charge in [0, 0.05) is 21.8 Å². The molecule has 2 aromatic carbocycles. The number of para-hydroxylation sites is 2. The number of aromatic nitrogens is 2. The number of aromatic amines is 2. The number of H-pyrrole nitrogens is 2. The molecule has 0 spiro atoms. The van der Waals surface area contributed by atoms with E-state index in [0.29, 0.717) is 0 Å². The third-order valence-corrected chi connectivity index (χ3v) is 4.11. The Morgan fingerprint density at radius 2 is 1.11 bits per heavy atom. The molecule has 0 atom stereocenters. The molecule has 0 aliphatic heterocycles. The molecule has 92 valence electrons. The van der Waals surface area contributed by atoms with E-state index in [9.17, 15) is 0 Å². The number of hydrogen-bond acceptors (Lipinski definition) is 1. The Labute approximate surface area is 114 Å². The van der Waals surface area contributed by atoms with Crippen LogP contribution < -0.4 is 0 Å². The van der Waals surface area contributed by atoms with Gasteiger partial charge in [0.25, 0.3) is 0 Å². The van der Waals surface area contributed by atoms with Crippen molar-refractivity contribution in [2.45, 2.75) is 10.1 Å². The smallest absolute Gasteiger partial charge is 0.0795 e. The van der Waals surface area contributed by atoms with Gasteiger partial charge in [-0.05, 0) is 24.3 Å².